The number of halogens is 1. The van der Waals surface area contributed by atoms with E-state index in [-0.39, 0.29) is 30.2 Å². The number of aromatic nitrogens is 3. The van der Waals surface area contributed by atoms with Crippen molar-refractivity contribution < 1.29 is 9.53 Å². The van der Waals surface area contributed by atoms with Crippen molar-refractivity contribution in [2.24, 2.45) is 5.92 Å². The van der Waals surface area contributed by atoms with Crippen molar-refractivity contribution in [2.75, 3.05) is 19.6 Å². The summed E-state index contributed by atoms with van der Waals surface area (Å²) >= 11 is 6.20. The van der Waals surface area contributed by atoms with Gasteiger partial charge >= 0.3 is 0 Å². The van der Waals surface area contributed by atoms with Gasteiger partial charge < -0.3 is 15.0 Å². The highest BCUT2D eigenvalue weighted by molar-refractivity contribution is 6.30. The van der Waals surface area contributed by atoms with Gasteiger partial charge in [-0.15, -0.1) is 0 Å². The molecule has 0 spiro atoms. The standard InChI is InChI=1S/C27H32ClN5O3/c1-17(2)30-24(34)16-33-26(19-4-3-5-20(28)12-19)31-25-23(27(33)35)13-22(14-29-25)36-21-8-10-32(11-9-21)15-18-6-7-18/h3-5,12-14,17-18,21H,6-11,15-16H2,1-2H3,(H,30,34). The van der Waals surface area contributed by atoms with Crippen LogP contribution in [0.25, 0.3) is 22.4 Å². The quantitative estimate of drug-likeness (QED) is 0.495. The van der Waals surface area contributed by atoms with Crippen LogP contribution in [0, 0.1) is 5.92 Å². The van der Waals surface area contributed by atoms with Gasteiger partial charge in [0.2, 0.25) is 5.91 Å². The maximum absolute atomic E-state index is 13.6. The van der Waals surface area contributed by atoms with Crippen molar-refractivity contribution in [1.29, 1.82) is 0 Å². The molecule has 190 valence electrons. The van der Waals surface area contributed by atoms with E-state index in [2.05, 4.69) is 20.2 Å². The van der Waals surface area contributed by atoms with Crippen LogP contribution in [-0.4, -0.2) is 57.1 Å². The van der Waals surface area contributed by atoms with Crippen LogP contribution in [0.3, 0.4) is 0 Å². The number of pyridine rings is 1. The zero-order chi connectivity index (χ0) is 25.2. The number of hydrogen-bond acceptors (Lipinski definition) is 6. The Bertz CT molecular complexity index is 1310. The average Bonchev–Trinajstić information content (AvgIpc) is 3.66. The largest absolute Gasteiger partial charge is 0.489 e. The number of nitrogens with one attached hydrogen (secondary N) is 1. The van der Waals surface area contributed by atoms with E-state index in [0.717, 1.165) is 31.8 Å². The zero-order valence-electron chi connectivity index (χ0n) is 20.7. The molecule has 1 amide bonds. The van der Waals surface area contributed by atoms with Gasteiger partial charge in [-0.3, -0.25) is 14.2 Å². The SMILES string of the molecule is CC(C)NC(=O)Cn1c(-c2cccc(Cl)c2)nc2ncc(OC3CCN(CC4CC4)CC3)cc2c1=O. The highest BCUT2D eigenvalue weighted by Gasteiger charge is 2.28. The van der Waals surface area contributed by atoms with Crippen molar-refractivity contribution >= 4 is 28.5 Å². The lowest BCUT2D eigenvalue weighted by Gasteiger charge is -2.32. The number of hydrogen-bond donors (Lipinski definition) is 1. The molecule has 1 saturated heterocycles. The minimum absolute atomic E-state index is 0.0476. The first-order chi connectivity index (χ1) is 17.4. The van der Waals surface area contributed by atoms with E-state index in [4.69, 9.17) is 16.3 Å². The first-order valence-corrected chi connectivity index (χ1v) is 13.1. The Labute approximate surface area is 215 Å². The molecule has 8 nitrogen and oxygen atoms in total. The third-order valence-corrected chi connectivity index (χ3v) is 6.90. The minimum atomic E-state index is -0.342. The fourth-order valence-corrected chi connectivity index (χ4v) is 4.92. The molecule has 2 aliphatic rings. The highest BCUT2D eigenvalue weighted by atomic mass is 35.5. The molecule has 1 N–H and O–H groups in total. The molecule has 1 aromatic carbocycles. The van der Waals surface area contributed by atoms with Crippen LogP contribution in [0.15, 0.2) is 41.3 Å². The topological polar surface area (TPSA) is 89.3 Å². The summed E-state index contributed by atoms with van der Waals surface area (Å²) in [4.78, 5) is 37.9. The van der Waals surface area contributed by atoms with Gasteiger partial charge in [-0.1, -0.05) is 23.7 Å². The summed E-state index contributed by atoms with van der Waals surface area (Å²) in [5.74, 6) is 1.52. The zero-order valence-corrected chi connectivity index (χ0v) is 21.5. The average molecular weight is 510 g/mol. The Balaban J connectivity index is 1.43. The predicted octanol–water partition coefficient (Wildman–Crippen LogP) is 3.89. The van der Waals surface area contributed by atoms with Gasteiger partial charge in [0.05, 0.1) is 11.6 Å². The Morgan fingerprint density at radius 2 is 1.97 bits per heavy atom. The fourth-order valence-electron chi connectivity index (χ4n) is 4.73. The van der Waals surface area contributed by atoms with Crippen molar-refractivity contribution in [3.05, 3.63) is 51.9 Å². The van der Waals surface area contributed by atoms with E-state index in [0.29, 0.717) is 33.2 Å². The smallest absolute Gasteiger partial charge is 0.263 e. The highest BCUT2D eigenvalue weighted by Crippen LogP contribution is 2.31. The summed E-state index contributed by atoms with van der Waals surface area (Å²) in [6.45, 7) is 6.86. The fraction of sp³-hybridized carbons (Fsp3) is 0.481. The predicted molar refractivity (Wildman–Crippen MR) is 140 cm³/mol. The molecular weight excluding hydrogens is 478 g/mol. The molecule has 3 aromatic rings. The molecule has 2 fully saturated rings. The van der Waals surface area contributed by atoms with Gasteiger partial charge in [-0.05, 0) is 63.6 Å². The van der Waals surface area contributed by atoms with E-state index in [9.17, 15) is 9.59 Å². The summed E-state index contributed by atoms with van der Waals surface area (Å²) in [5.41, 5.74) is 0.604. The molecule has 3 heterocycles. The maximum Gasteiger partial charge on any atom is 0.263 e. The maximum atomic E-state index is 13.6. The number of nitrogens with zero attached hydrogens (tertiary/aromatic N) is 4. The van der Waals surface area contributed by atoms with E-state index in [1.807, 2.05) is 19.9 Å². The molecular formula is C27H32ClN5O3. The monoisotopic (exact) mass is 509 g/mol. The summed E-state index contributed by atoms with van der Waals surface area (Å²) in [5, 5.41) is 3.68. The first kappa shape index (κ1) is 24.7. The van der Waals surface area contributed by atoms with Gasteiger partial charge in [-0.25, -0.2) is 9.97 Å². The second-order valence-corrected chi connectivity index (χ2v) is 10.6. The Hall–Kier alpha value is -2.97. The summed E-state index contributed by atoms with van der Waals surface area (Å²) < 4.78 is 7.61. The van der Waals surface area contributed by atoms with Crippen LogP contribution in [0.5, 0.6) is 5.75 Å². The third kappa shape index (κ3) is 5.87. The molecule has 1 aliphatic carbocycles. The number of benzene rings is 1. The number of fused-ring (bicyclic) bond motifs is 1. The Kier molecular flexibility index (Phi) is 7.25. The van der Waals surface area contributed by atoms with Crippen LogP contribution in [0.2, 0.25) is 5.02 Å². The lowest BCUT2D eigenvalue weighted by atomic mass is 10.1. The van der Waals surface area contributed by atoms with Crippen LogP contribution in [-0.2, 0) is 11.3 Å². The number of rotatable bonds is 8. The molecule has 2 aromatic heterocycles. The van der Waals surface area contributed by atoms with Gasteiger partial charge in [0.1, 0.15) is 24.2 Å². The van der Waals surface area contributed by atoms with E-state index in [1.54, 1.807) is 30.5 Å². The lowest BCUT2D eigenvalue weighted by molar-refractivity contribution is -0.122. The first-order valence-electron chi connectivity index (χ1n) is 12.7. The Morgan fingerprint density at radius 1 is 1.19 bits per heavy atom. The molecule has 1 saturated carbocycles. The molecule has 0 unspecified atom stereocenters. The van der Waals surface area contributed by atoms with Gasteiger partial charge in [0, 0.05) is 36.3 Å². The number of ether oxygens (including phenoxy) is 1. The molecule has 1 aliphatic heterocycles. The summed E-state index contributed by atoms with van der Waals surface area (Å²) in [6, 6.07) is 8.72. The number of carbonyl (C=O) groups is 1. The van der Waals surface area contributed by atoms with E-state index >= 15 is 0 Å². The number of amides is 1. The number of likely N-dealkylation sites (tertiary alicyclic amines) is 1. The molecule has 0 atom stereocenters. The molecule has 5 rings (SSSR count). The third-order valence-electron chi connectivity index (χ3n) is 6.67. The molecule has 9 heteroatoms. The normalized spacial score (nSPS) is 17.0. The van der Waals surface area contributed by atoms with E-state index < -0.39 is 0 Å². The second kappa shape index (κ2) is 10.6. The van der Waals surface area contributed by atoms with Crippen molar-refractivity contribution in [2.45, 2.75) is 58.2 Å². The summed E-state index contributed by atoms with van der Waals surface area (Å²) in [7, 11) is 0. The number of carbonyl (C=O) groups excluding carboxylic acids is 1. The van der Waals surface area contributed by atoms with Crippen molar-refractivity contribution in [3.8, 4) is 17.1 Å². The van der Waals surface area contributed by atoms with Gasteiger partial charge in [0.15, 0.2) is 5.65 Å². The lowest BCUT2D eigenvalue weighted by Crippen LogP contribution is -2.39. The van der Waals surface area contributed by atoms with Crippen LogP contribution < -0.4 is 15.6 Å². The van der Waals surface area contributed by atoms with Crippen molar-refractivity contribution in [3.63, 3.8) is 0 Å². The van der Waals surface area contributed by atoms with Crippen molar-refractivity contribution in [1.82, 2.24) is 24.8 Å². The van der Waals surface area contributed by atoms with Gasteiger partial charge in [0.25, 0.3) is 5.56 Å². The molecule has 36 heavy (non-hydrogen) atoms. The number of piperidine rings is 1. The van der Waals surface area contributed by atoms with Crippen LogP contribution in [0.4, 0.5) is 0 Å². The second-order valence-electron chi connectivity index (χ2n) is 10.2. The minimum Gasteiger partial charge on any atom is -0.489 e. The Morgan fingerprint density at radius 3 is 2.67 bits per heavy atom. The molecule has 0 bridgehead atoms. The summed E-state index contributed by atoms with van der Waals surface area (Å²) in [6.07, 6.45) is 6.36. The van der Waals surface area contributed by atoms with Gasteiger partial charge in [-0.2, -0.15) is 0 Å². The molecule has 0 radical (unpaired) electrons. The van der Waals surface area contributed by atoms with E-state index in [1.165, 1.54) is 24.0 Å². The van der Waals surface area contributed by atoms with Crippen LogP contribution >= 0.6 is 11.6 Å². The van der Waals surface area contributed by atoms with Crippen LogP contribution in [0.1, 0.15) is 39.5 Å².